The Hall–Kier alpha value is -0.740. The minimum atomic E-state index is -0.301. The first-order valence-electron chi connectivity index (χ1n) is 4.07. The van der Waals surface area contributed by atoms with E-state index >= 15 is 0 Å². The number of hydrogen-bond donors (Lipinski definition) is 2. The van der Waals surface area contributed by atoms with Gasteiger partial charge in [-0.3, -0.25) is 5.14 Å². The fraction of sp³-hybridized carbons (Fsp3) is 0.333. The van der Waals surface area contributed by atoms with Crippen molar-refractivity contribution < 1.29 is 4.39 Å². The van der Waals surface area contributed by atoms with Crippen LogP contribution >= 0.6 is 11.9 Å². The highest BCUT2D eigenvalue weighted by atomic mass is 32.2. The average Bonchev–Trinajstić information content (AvgIpc) is 2.14. The Labute approximate surface area is 82.6 Å². The molecule has 1 rings (SSSR count). The average molecular weight is 202 g/mol. The molecule has 0 heterocycles. The smallest absolute Gasteiger partial charge is 0.124 e. The highest BCUT2D eigenvalue weighted by Gasteiger charge is 2.03. The molecule has 0 aliphatic rings. The Morgan fingerprint density at radius 2 is 1.85 bits per heavy atom. The number of benzene rings is 1. The fourth-order valence-corrected chi connectivity index (χ4v) is 1.29. The monoisotopic (exact) mass is 202 g/mol. The summed E-state index contributed by atoms with van der Waals surface area (Å²) in [5.74, 6) is -0.301. The standard InChI is InChI=1S/C7H9FN2S.C2H6/c1-4-2-5(8)3-6(11-10)7(4)9;1-2/h2-3H,9-10H2,1H3;1-2H3. The highest BCUT2D eigenvalue weighted by Crippen LogP contribution is 2.24. The van der Waals surface area contributed by atoms with E-state index in [1.165, 1.54) is 12.1 Å². The van der Waals surface area contributed by atoms with E-state index in [2.05, 4.69) is 0 Å². The van der Waals surface area contributed by atoms with Crippen LogP contribution in [-0.2, 0) is 0 Å². The van der Waals surface area contributed by atoms with Crippen LogP contribution in [0, 0.1) is 12.7 Å². The molecule has 0 spiro atoms. The van der Waals surface area contributed by atoms with E-state index in [1.54, 1.807) is 6.92 Å². The first kappa shape index (κ1) is 12.3. The molecule has 0 fully saturated rings. The van der Waals surface area contributed by atoms with Gasteiger partial charge in [0.2, 0.25) is 0 Å². The normalized spacial score (nSPS) is 9.00. The summed E-state index contributed by atoms with van der Waals surface area (Å²) in [5.41, 5.74) is 6.87. The van der Waals surface area contributed by atoms with Gasteiger partial charge in [0.1, 0.15) is 5.82 Å². The summed E-state index contributed by atoms with van der Waals surface area (Å²) in [6, 6.07) is 2.71. The number of anilines is 1. The molecule has 0 aromatic heterocycles. The summed E-state index contributed by atoms with van der Waals surface area (Å²) >= 11 is 0.959. The van der Waals surface area contributed by atoms with Gasteiger partial charge >= 0.3 is 0 Å². The predicted octanol–water partition coefficient (Wildman–Crippen LogP) is 2.71. The Kier molecular flexibility index (Phi) is 5.50. The molecular formula is C9H15FN2S. The molecule has 0 aliphatic carbocycles. The molecular weight excluding hydrogens is 187 g/mol. The van der Waals surface area contributed by atoms with Crippen molar-refractivity contribution in [3.05, 3.63) is 23.5 Å². The Morgan fingerprint density at radius 3 is 2.31 bits per heavy atom. The van der Waals surface area contributed by atoms with Crippen LogP contribution in [-0.4, -0.2) is 0 Å². The minimum absolute atomic E-state index is 0.301. The molecule has 4 heteroatoms. The summed E-state index contributed by atoms with van der Waals surface area (Å²) in [6.45, 7) is 5.75. The molecule has 0 bridgehead atoms. The van der Waals surface area contributed by atoms with Crippen molar-refractivity contribution in [3.63, 3.8) is 0 Å². The number of aryl methyl sites for hydroxylation is 1. The van der Waals surface area contributed by atoms with Crippen molar-refractivity contribution in [1.29, 1.82) is 0 Å². The first-order valence-corrected chi connectivity index (χ1v) is 4.95. The van der Waals surface area contributed by atoms with E-state index in [9.17, 15) is 4.39 Å². The second-order valence-electron chi connectivity index (χ2n) is 2.25. The molecule has 0 saturated heterocycles. The topological polar surface area (TPSA) is 52.0 Å². The number of halogens is 1. The number of hydrogen-bond acceptors (Lipinski definition) is 3. The van der Waals surface area contributed by atoms with Gasteiger partial charge in [-0.2, -0.15) is 0 Å². The lowest BCUT2D eigenvalue weighted by molar-refractivity contribution is 0.623. The second kappa shape index (κ2) is 5.83. The van der Waals surface area contributed by atoms with Gasteiger partial charge in [0.15, 0.2) is 0 Å². The zero-order chi connectivity index (χ0) is 10.4. The molecule has 4 N–H and O–H groups in total. The molecule has 0 radical (unpaired) electrons. The minimum Gasteiger partial charge on any atom is -0.398 e. The first-order chi connectivity index (χ1) is 6.15. The lowest BCUT2D eigenvalue weighted by atomic mass is 10.2. The van der Waals surface area contributed by atoms with Crippen LogP contribution in [0.3, 0.4) is 0 Å². The third-order valence-electron chi connectivity index (χ3n) is 1.44. The van der Waals surface area contributed by atoms with Gasteiger partial charge in [-0.15, -0.1) is 0 Å². The molecule has 0 amide bonds. The van der Waals surface area contributed by atoms with Crippen LogP contribution in [0.4, 0.5) is 10.1 Å². The summed E-state index contributed by atoms with van der Waals surface area (Å²) in [6.07, 6.45) is 0. The number of nitrogens with two attached hydrogens (primary N) is 2. The third kappa shape index (κ3) is 3.24. The van der Waals surface area contributed by atoms with E-state index in [0.29, 0.717) is 10.6 Å². The molecule has 0 saturated carbocycles. The van der Waals surface area contributed by atoms with Crippen molar-refractivity contribution in [1.82, 2.24) is 0 Å². The summed E-state index contributed by atoms with van der Waals surface area (Å²) in [5, 5.41) is 5.26. The fourth-order valence-electron chi connectivity index (χ4n) is 0.821. The van der Waals surface area contributed by atoms with Gasteiger partial charge in [0, 0.05) is 10.6 Å². The van der Waals surface area contributed by atoms with Crippen LogP contribution in [0.15, 0.2) is 17.0 Å². The molecule has 1 aromatic rings. The van der Waals surface area contributed by atoms with Gasteiger partial charge in [-0.1, -0.05) is 13.8 Å². The van der Waals surface area contributed by atoms with Crippen molar-refractivity contribution in [2.75, 3.05) is 5.73 Å². The van der Waals surface area contributed by atoms with Gasteiger partial charge in [-0.25, -0.2) is 4.39 Å². The maximum atomic E-state index is 12.7. The molecule has 74 valence electrons. The largest absolute Gasteiger partial charge is 0.398 e. The summed E-state index contributed by atoms with van der Waals surface area (Å²) in [4.78, 5) is 0.586. The quantitative estimate of drug-likeness (QED) is 0.544. The molecule has 1 aromatic carbocycles. The molecule has 2 nitrogen and oxygen atoms in total. The lowest BCUT2D eigenvalue weighted by Crippen LogP contribution is -1.95. The van der Waals surface area contributed by atoms with Crippen molar-refractivity contribution in [3.8, 4) is 0 Å². The van der Waals surface area contributed by atoms with Gasteiger partial charge in [0.25, 0.3) is 0 Å². The van der Waals surface area contributed by atoms with Crippen LogP contribution in [0.5, 0.6) is 0 Å². The zero-order valence-corrected chi connectivity index (χ0v) is 8.91. The van der Waals surface area contributed by atoms with Crippen molar-refractivity contribution in [2.45, 2.75) is 25.7 Å². The van der Waals surface area contributed by atoms with Crippen LogP contribution in [0.1, 0.15) is 19.4 Å². The maximum Gasteiger partial charge on any atom is 0.124 e. The van der Waals surface area contributed by atoms with Crippen LogP contribution in [0.2, 0.25) is 0 Å². The second-order valence-corrected chi connectivity index (χ2v) is 2.93. The summed E-state index contributed by atoms with van der Waals surface area (Å²) < 4.78 is 12.7. The van der Waals surface area contributed by atoms with E-state index in [0.717, 1.165) is 17.5 Å². The Balaban J connectivity index is 0.000000671. The number of rotatable bonds is 1. The van der Waals surface area contributed by atoms with E-state index in [4.69, 9.17) is 10.9 Å². The van der Waals surface area contributed by atoms with Gasteiger partial charge < -0.3 is 5.73 Å². The number of nitrogen functional groups attached to an aromatic ring is 1. The van der Waals surface area contributed by atoms with Gasteiger partial charge in [0.05, 0.1) is 0 Å². The summed E-state index contributed by atoms with van der Waals surface area (Å²) in [7, 11) is 0. The molecule has 13 heavy (non-hydrogen) atoms. The molecule has 0 atom stereocenters. The predicted molar refractivity (Wildman–Crippen MR) is 56.9 cm³/mol. The van der Waals surface area contributed by atoms with Gasteiger partial charge in [-0.05, 0) is 36.6 Å². The maximum absolute atomic E-state index is 12.7. The van der Waals surface area contributed by atoms with Crippen LogP contribution < -0.4 is 10.9 Å². The van der Waals surface area contributed by atoms with Crippen molar-refractivity contribution >= 4 is 17.6 Å². The van der Waals surface area contributed by atoms with E-state index in [-0.39, 0.29) is 5.82 Å². The lowest BCUT2D eigenvalue weighted by Gasteiger charge is -2.04. The zero-order valence-electron chi connectivity index (χ0n) is 8.10. The van der Waals surface area contributed by atoms with Crippen molar-refractivity contribution in [2.24, 2.45) is 5.14 Å². The molecule has 0 unspecified atom stereocenters. The Morgan fingerprint density at radius 1 is 1.31 bits per heavy atom. The third-order valence-corrected chi connectivity index (χ3v) is 2.03. The van der Waals surface area contributed by atoms with E-state index in [1.807, 2.05) is 13.8 Å². The highest BCUT2D eigenvalue weighted by molar-refractivity contribution is 7.97. The Bertz CT molecular complexity index is 277. The van der Waals surface area contributed by atoms with E-state index < -0.39 is 0 Å². The molecule has 0 aliphatic heterocycles. The SMILES string of the molecule is CC.Cc1cc(F)cc(SN)c1N. The van der Waals surface area contributed by atoms with Crippen LogP contribution in [0.25, 0.3) is 0 Å².